The Labute approximate surface area is 336 Å². The van der Waals surface area contributed by atoms with E-state index in [1.807, 2.05) is 12.1 Å². The third-order valence-corrected chi connectivity index (χ3v) is 12.4. The van der Waals surface area contributed by atoms with Crippen LogP contribution >= 0.6 is 0 Å². The van der Waals surface area contributed by atoms with Crippen LogP contribution in [0.2, 0.25) is 0 Å². The lowest BCUT2D eigenvalue weighted by molar-refractivity contribution is 0.436. The third-order valence-electron chi connectivity index (χ3n) is 12.4. The first-order valence-electron chi connectivity index (χ1n) is 20.1. The van der Waals surface area contributed by atoms with E-state index in [9.17, 15) is 0 Å². The molecule has 274 valence electrons. The highest BCUT2D eigenvalue weighted by molar-refractivity contribution is 6.02. The molecule has 0 atom stereocenters. The largest absolute Gasteiger partial charge is 0.457 e. The first-order valence-corrected chi connectivity index (χ1v) is 20.1. The number of hydrogen-bond acceptors (Lipinski definition) is 3. The first-order chi connectivity index (χ1) is 28.7. The maximum Gasteiger partial charge on any atom is 0.145 e. The summed E-state index contributed by atoms with van der Waals surface area (Å²) in [5.41, 5.74) is 22.7. The number of hydrogen-bond donors (Lipinski definition) is 1. The summed E-state index contributed by atoms with van der Waals surface area (Å²) in [6.07, 6.45) is 9.06. The molecule has 12 rings (SSSR count). The van der Waals surface area contributed by atoms with Crippen molar-refractivity contribution in [2.75, 3.05) is 5.73 Å². The lowest BCUT2D eigenvalue weighted by atomic mass is 9.65. The van der Waals surface area contributed by atoms with E-state index in [-0.39, 0.29) is 0 Å². The van der Waals surface area contributed by atoms with Crippen molar-refractivity contribution >= 4 is 33.1 Å². The number of rotatable bonds is 4. The second-order valence-corrected chi connectivity index (χ2v) is 15.6. The summed E-state index contributed by atoms with van der Waals surface area (Å²) in [5.74, 6) is 2.58. The predicted octanol–water partition coefficient (Wildman–Crippen LogP) is 13.3. The fourth-order valence-corrected chi connectivity index (χ4v) is 9.94. The van der Waals surface area contributed by atoms with Crippen LogP contribution in [0.3, 0.4) is 0 Å². The minimum atomic E-state index is -0.607. The lowest BCUT2D eigenvalue weighted by Gasteiger charge is -2.39. The number of anilines is 1. The Hall–Kier alpha value is -7.43. The van der Waals surface area contributed by atoms with Gasteiger partial charge in [-0.25, -0.2) is 4.98 Å². The molecule has 0 fully saturated rings. The molecule has 0 saturated carbocycles. The van der Waals surface area contributed by atoms with Gasteiger partial charge in [-0.3, -0.25) is 4.57 Å². The molecule has 4 nitrogen and oxygen atoms in total. The van der Waals surface area contributed by atoms with E-state index >= 15 is 0 Å². The molecule has 8 aromatic carbocycles. The Morgan fingerprint density at radius 2 is 1.22 bits per heavy atom. The highest BCUT2D eigenvalue weighted by Gasteiger charge is 2.51. The predicted molar refractivity (Wildman–Crippen MR) is 238 cm³/mol. The van der Waals surface area contributed by atoms with E-state index in [0.717, 1.165) is 74.7 Å². The van der Waals surface area contributed by atoms with Crippen LogP contribution in [-0.4, -0.2) is 9.55 Å². The summed E-state index contributed by atoms with van der Waals surface area (Å²) in [6.45, 7) is 0. The van der Waals surface area contributed by atoms with E-state index in [0.29, 0.717) is 5.69 Å². The fraction of sp³-hybridized carbons (Fsp3) is 0.0556. The van der Waals surface area contributed by atoms with Gasteiger partial charge >= 0.3 is 0 Å². The lowest BCUT2D eigenvalue weighted by Crippen LogP contribution is -2.32. The summed E-state index contributed by atoms with van der Waals surface area (Å²) in [7, 11) is 0. The molecule has 0 saturated heterocycles. The molecule has 0 unspecified atom stereocenters. The van der Waals surface area contributed by atoms with E-state index in [1.165, 1.54) is 44.2 Å². The number of nitrogens with two attached hydrogens (primary N) is 1. The van der Waals surface area contributed by atoms with Gasteiger partial charge in [0.05, 0.1) is 22.1 Å². The average Bonchev–Trinajstić information content (AvgIpc) is 3.81. The average molecular weight is 744 g/mol. The van der Waals surface area contributed by atoms with E-state index in [4.69, 9.17) is 15.5 Å². The van der Waals surface area contributed by atoms with E-state index in [2.05, 4.69) is 181 Å². The SMILES string of the molecule is Nc1ccc2c(c1)C1(c3cc(-c4cccc(-c5nc6ccccc6n5-c5ccc(C6=CCCC=C6)c6ccccc56)c4)ccc3O2)c2ccccc2-c2ccccc21. The van der Waals surface area contributed by atoms with Crippen molar-refractivity contribution in [1.82, 2.24) is 9.55 Å². The second-order valence-electron chi connectivity index (χ2n) is 15.6. The number of fused-ring (bicyclic) bond motifs is 11. The Balaban J connectivity index is 1.05. The molecule has 0 radical (unpaired) electrons. The van der Waals surface area contributed by atoms with Crippen LogP contribution < -0.4 is 10.5 Å². The smallest absolute Gasteiger partial charge is 0.145 e. The van der Waals surface area contributed by atoms with Gasteiger partial charge in [0.1, 0.15) is 17.3 Å². The number of ether oxygens (including phenoxy) is 1. The maximum atomic E-state index is 6.74. The Morgan fingerprint density at radius 1 is 0.534 bits per heavy atom. The highest BCUT2D eigenvalue weighted by Crippen LogP contribution is 2.62. The molecule has 2 aliphatic carbocycles. The van der Waals surface area contributed by atoms with Crippen molar-refractivity contribution in [3.05, 3.63) is 216 Å². The number of allylic oxidation sites excluding steroid dienone is 4. The van der Waals surface area contributed by atoms with Gasteiger partial charge in [-0.05, 0) is 117 Å². The standard InChI is InChI=1S/C54H37N3O/c55-38-26-30-52-47(33-38)54(44-21-8-6-18-41(44)42-19-7-9-22-45(42)54)46-32-36(25-29-51(46)58-52)35-15-12-16-37(31-35)53-56-48-23-10-11-24-50(48)57(53)49-28-27-39(34-13-2-1-3-14-34)40-17-4-5-20-43(40)49/h2,4-33H,1,3,55H2. The molecule has 2 heterocycles. The zero-order chi connectivity index (χ0) is 38.4. The number of aromatic nitrogens is 2. The van der Waals surface area contributed by atoms with Crippen molar-refractivity contribution in [2.24, 2.45) is 0 Å². The van der Waals surface area contributed by atoms with Crippen LogP contribution in [0.25, 0.3) is 66.7 Å². The zero-order valence-corrected chi connectivity index (χ0v) is 31.7. The molecule has 2 N–H and O–H groups in total. The molecular weight excluding hydrogens is 707 g/mol. The van der Waals surface area contributed by atoms with Gasteiger partial charge in [0.25, 0.3) is 0 Å². The molecule has 9 aromatic rings. The Kier molecular flexibility index (Phi) is 7.09. The number of nitrogens with zero attached hydrogens (tertiary/aromatic N) is 2. The molecule has 4 heteroatoms. The molecule has 0 amide bonds. The Morgan fingerprint density at radius 3 is 2.03 bits per heavy atom. The van der Waals surface area contributed by atoms with E-state index < -0.39 is 5.41 Å². The first kappa shape index (κ1) is 32.8. The number of imidazole rings is 1. The van der Waals surface area contributed by atoms with Crippen LogP contribution in [0.4, 0.5) is 5.69 Å². The number of nitrogen functional groups attached to an aromatic ring is 1. The highest BCUT2D eigenvalue weighted by atomic mass is 16.5. The van der Waals surface area contributed by atoms with Crippen molar-refractivity contribution in [2.45, 2.75) is 18.3 Å². The summed E-state index contributed by atoms with van der Waals surface area (Å²) in [4.78, 5) is 5.33. The Bertz CT molecular complexity index is 3190. The van der Waals surface area contributed by atoms with E-state index in [1.54, 1.807) is 0 Å². The maximum absolute atomic E-state index is 6.74. The van der Waals surface area contributed by atoms with Crippen LogP contribution in [0.5, 0.6) is 11.5 Å². The van der Waals surface area contributed by atoms with Gasteiger partial charge in [-0.1, -0.05) is 133 Å². The van der Waals surface area contributed by atoms with Crippen molar-refractivity contribution in [3.8, 4) is 50.8 Å². The second kappa shape index (κ2) is 12.5. The summed E-state index contributed by atoms with van der Waals surface area (Å²) < 4.78 is 9.08. The minimum Gasteiger partial charge on any atom is -0.457 e. The number of benzene rings is 8. The topological polar surface area (TPSA) is 53.1 Å². The monoisotopic (exact) mass is 743 g/mol. The molecule has 3 aliphatic rings. The van der Waals surface area contributed by atoms with Gasteiger partial charge in [0.15, 0.2) is 0 Å². The minimum absolute atomic E-state index is 0.607. The van der Waals surface area contributed by atoms with Crippen molar-refractivity contribution in [1.29, 1.82) is 0 Å². The summed E-state index contributed by atoms with van der Waals surface area (Å²) >= 11 is 0. The zero-order valence-electron chi connectivity index (χ0n) is 31.7. The number of para-hydroxylation sites is 2. The molecular formula is C54H37N3O. The van der Waals surface area contributed by atoms with Crippen LogP contribution in [0, 0.1) is 0 Å². The quantitative estimate of drug-likeness (QED) is 0.183. The van der Waals surface area contributed by atoms with Crippen LogP contribution in [0.15, 0.2) is 188 Å². The van der Waals surface area contributed by atoms with Gasteiger partial charge in [0.2, 0.25) is 0 Å². The third kappa shape index (κ3) is 4.66. The summed E-state index contributed by atoms with van der Waals surface area (Å²) in [5, 5.41) is 2.43. The van der Waals surface area contributed by atoms with Gasteiger partial charge in [0, 0.05) is 27.8 Å². The normalized spacial score (nSPS) is 14.4. The summed E-state index contributed by atoms with van der Waals surface area (Å²) in [6, 6.07) is 60.9. The molecule has 58 heavy (non-hydrogen) atoms. The van der Waals surface area contributed by atoms with Gasteiger partial charge < -0.3 is 10.5 Å². The van der Waals surface area contributed by atoms with Gasteiger partial charge in [-0.2, -0.15) is 0 Å². The fourth-order valence-electron chi connectivity index (χ4n) is 9.94. The van der Waals surface area contributed by atoms with Gasteiger partial charge in [-0.15, -0.1) is 0 Å². The molecule has 1 spiro atoms. The van der Waals surface area contributed by atoms with Crippen molar-refractivity contribution in [3.63, 3.8) is 0 Å². The van der Waals surface area contributed by atoms with Crippen LogP contribution in [0.1, 0.15) is 40.7 Å². The van der Waals surface area contributed by atoms with Crippen molar-refractivity contribution < 1.29 is 4.74 Å². The molecule has 0 bridgehead atoms. The van der Waals surface area contributed by atoms with Crippen LogP contribution in [-0.2, 0) is 5.41 Å². The molecule has 1 aliphatic heterocycles. The molecule has 1 aromatic heterocycles.